The maximum absolute atomic E-state index is 12.5. The molecule has 0 amide bonds. The average Bonchev–Trinajstić information content (AvgIpc) is 2.65. The molecule has 0 spiro atoms. The van der Waals surface area contributed by atoms with Crippen LogP contribution >= 0.6 is 11.6 Å². The summed E-state index contributed by atoms with van der Waals surface area (Å²) in [5.74, 6) is -0.526. The van der Waals surface area contributed by atoms with Gasteiger partial charge in [-0.2, -0.15) is 5.26 Å². The molecule has 27 heavy (non-hydrogen) atoms. The molecule has 0 bridgehead atoms. The lowest BCUT2D eigenvalue weighted by Gasteiger charge is -2.14. The number of hydrogen-bond donors (Lipinski definition) is 1. The minimum atomic E-state index is -3.71. The van der Waals surface area contributed by atoms with Gasteiger partial charge in [0.1, 0.15) is 0 Å². The van der Waals surface area contributed by atoms with Gasteiger partial charge in [-0.05, 0) is 42.3 Å². The quantitative estimate of drug-likeness (QED) is 0.651. The van der Waals surface area contributed by atoms with E-state index in [9.17, 15) is 13.7 Å². The van der Waals surface area contributed by atoms with E-state index in [0.717, 1.165) is 11.1 Å². The van der Waals surface area contributed by atoms with Gasteiger partial charge in [0, 0.05) is 5.02 Å². The first-order valence-electron chi connectivity index (χ1n) is 8.24. The predicted octanol–water partition coefficient (Wildman–Crippen LogP) is 5.10. The Morgan fingerprint density at radius 2 is 1.67 bits per heavy atom. The van der Waals surface area contributed by atoms with Crippen LogP contribution in [0.15, 0.2) is 77.7 Å². The van der Waals surface area contributed by atoms with Crippen molar-refractivity contribution in [2.45, 2.75) is 17.7 Å². The molecule has 1 N–H and O–H groups in total. The van der Waals surface area contributed by atoms with Gasteiger partial charge < -0.3 is 0 Å². The second kappa shape index (κ2) is 7.83. The number of benzene rings is 3. The molecule has 0 unspecified atom stereocenters. The molecule has 3 rings (SSSR count). The fraction of sp³-hybridized carbons (Fsp3) is 0.0952. The van der Waals surface area contributed by atoms with Crippen LogP contribution < -0.4 is 4.72 Å². The lowest BCUT2D eigenvalue weighted by Crippen LogP contribution is -2.13. The number of nitrogens with one attached hydrogen (secondary N) is 1. The maximum atomic E-state index is 12.5. The smallest absolute Gasteiger partial charge is 0.261 e. The summed E-state index contributed by atoms with van der Waals surface area (Å²) >= 11 is 6.36. The molecule has 0 aliphatic heterocycles. The van der Waals surface area contributed by atoms with E-state index in [1.54, 1.807) is 36.4 Å². The van der Waals surface area contributed by atoms with Crippen LogP contribution in [-0.2, 0) is 10.0 Å². The number of rotatable bonds is 5. The van der Waals surface area contributed by atoms with Crippen molar-refractivity contribution in [1.82, 2.24) is 0 Å². The standard InChI is InChI=1S/C21H17ClN2O2S/c1-15-7-10-18(11-8-15)27(25,26)24-17-9-12-19(21(22)13-17)20(14-23)16-5-3-2-4-6-16/h2-13,20,24H,1H3/t20-/m1/s1. The molecule has 1 atom stereocenters. The topological polar surface area (TPSA) is 70.0 Å². The number of nitrogens with zero attached hydrogens (tertiary/aromatic N) is 1. The molecule has 0 aliphatic carbocycles. The molecule has 0 aromatic heterocycles. The van der Waals surface area contributed by atoms with Gasteiger partial charge in [0.05, 0.1) is 22.6 Å². The van der Waals surface area contributed by atoms with Crippen molar-refractivity contribution in [2.24, 2.45) is 0 Å². The van der Waals surface area contributed by atoms with Crippen molar-refractivity contribution in [3.63, 3.8) is 0 Å². The van der Waals surface area contributed by atoms with E-state index in [1.807, 2.05) is 37.3 Å². The Balaban J connectivity index is 1.89. The second-order valence-corrected chi connectivity index (χ2v) is 8.22. The molecule has 4 nitrogen and oxygen atoms in total. The van der Waals surface area contributed by atoms with Gasteiger partial charge in [0.25, 0.3) is 10.0 Å². The number of nitriles is 1. The zero-order chi connectivity index (χ0) is 19.4. The average molecular weight is 397 g/mol. The minimum Gasteiger partial charge on any atom is -0.280 e. The summed E-state index contributed by atoms with van der Waals surface area (Å²) in [6.45, 7) is 1.89. The van der Waals surface area contributed by atoms with E-state index in [2.05, 4.69) is 10.8 Å². The first-order valence-corrected chi connectivity index (χ1v) is 10.1. The van der Waals surface area contributed by atoms with Gasteiger partial charge >= 0.3 is 0 Å². The van der Waals surface area contributed by atoms with Crippen LogP contribution in [0.1, 0.15) is 22.6 Å². The first-order chi connectivity index (χ1) is 12.9. The number of anilines is 1. The summed E-state index contributed by atoms with van der Waals surface area (Å²) in [7, 11) is -3.71. The Hall–Kier alpha value is -2.81. The van der Waals surface area contributed by atoms with Gasteiger partial charge in [0.2, 0.25) is 0 Å². The molecule has 0 heterocycles. The zero-order valence-electron chi connectivity index (χ0n) is 14.6. The van der Waals surface area contributed by atoms with Gasteiger partial charge in [-0.25, -0.2) is 8.42 Å². The van der Waals surface area contributed by atoms with E-state index in [0.29, 0.717) is 16.3 Å². The fourth-order valence-electron chi connectivity index (χ4n) is 2.73. The highest BCUT2D eigenvalue weighted by Crippen LogP contribution is 2.32. The second-order valence-electron chi connectivity index (χ2n) is 6.13. The largest absolute Gasteiger partial charge is 0.280 e. The van der Waals surface area contributed by atoms with E-state index in [4.69, 9.17) is 11.6 Å². The van der Waals surface area contributed by atoms with Crippen LogP contribution in [0, 0.1) is 18.3 Å². The molecule has 0 saturated carbocycles. The van der Waals surface area contributed by atoms with Crippen LogP contribution in [0.4, 0.5) is 5.69 Å². The van der Waals surface area contributed by atoms with Gasteiger partial charge in [-0.15, -0.1) is 0 Å². The summed E-state index contributed by atoms with van der Waals surface area (Å²) in [4.78, 5) is 0.174. The van der Waals surface area contributed by atoms with Crippen molar-refractivity contribution in [3.8, 4) is 6.07 Å². The first kappa shape index (κ1) is 19.0. The van der Waals surface area contributed by atoms with Crippen molar-refractivity contribution >= 4 is 27.3 Å². The van der Waals surface area contributed by atoms with Gasteiger partial charge in [0.15, 0.2) is 0 Å². The number of halogens is 1. The lowest BCUT2D eigenvalue weighted by molar-refractivity contribution is 0.601. The molecular weight excluding hydrogens is 380 g/mol. The highest BCUT2D eigenvalue weighted by atomic mass is 35.5. The van der Waals surface area contributed by atoms with Crippen LogP contribution in [0.3, 0.4) is 0 Å². The summed E-state index contributed by atoms with van der Waals surface area (Å²) in [5, 5.41) is 9.89. The molecule has 6 heteroatoms. The Bertz CT molecular complexity index is 1090. The third-order valence-electron chi connectivity index (χ3n) is 4.16. The predicted molar refractivity (Wildman–Crippen MR) is 107 cm³/mol. The van der Waals surface area contributed by atoms with Crippen molar-refractivity contribution < 1.29 is 8.42 Å². The number of hydrogen-bond acceptors (Lipinski definition) is 3. The summed E-state index contributed by atoms with van der Waals surface area (Å²) in [5.41, 5.74) is 2.78. The SMILES string of the molecule is Cc1ccc(S(=O)(=O)Nc2ccc([C@H](C#N)c3ccccc3)c(Cl)c2)cc1. The highest BCUT2D eigenvalue weighted by molar-refractivity contribution is 7.92. The van der Waals surface area contributed by atoms with Crippen LogP contribution in [-0.4, -0.2) is 8.42 Å². The van der Waals surface area contributed by atoms with Crippen LogP contribution in [0.5, 0.6) is 0 Å². The molecular formula is C21H17ClN2O2S. The van der Waals surface area contributed by atoms with E-state index < -0.39 is 15.9 Å². The highest BCUT2D eigenvalue weighted by Gasteiger charge is 2.19. The Kier molecular flexibility index (Phi) is 5.50. The monoisotopic (exact) mass is 396 g/mol. The van der Waals surface area contributed by atoms with E-state index in [1.165, 1.54) is 6.07 Å². The van der Waals surface area contributed by atoms with Crippen molar-refractivity contribution in [2.75, 3.05) is 4.72 Å². The number of aryl methyl sites for hydroxylation is 1. The fourth-order valence-corrected chi connectivity index (χ4v) is 4.06. The maximum Gasteiger partial charge on any atom is 0.261 e. The number of sulfonamides is 1. The zero-order valence-corrected chi connectivity index (χ0v) is 16.1. The summed E-state index contributed by atoms with van der Waals surface area (Å²) in [6.07, 6.45) is 0. The van der Waals surface area contributed by atoms with Gasteiger partial charge in [-0.1, -0.05) is 65.7 Å². The van der Waals surface area contributed by atoms with Crippen molar-refractivity contribution in [3.05, 3.63) is 94.5 Å². The van der Waals surface area contributed by atoms with Crippen LogP contribution in [0.2, 0.25) is 5.02 Å². The third-order valence-corrected chi connectivity index (χ3v) is 5.88. The van der Waals surface area contributed by atoms with Crippen LogP contribution in [0.25, 0.3) is 0 Å². The van der Waals surface area contributed by atoms with E-state index >= 15 is 0 Å². The molecule has 0 radical (unpaired) electrons. The molecule has 0 fully saturated rings. The Morgan fingerprint density at radius 1 is 1.00 bits per heavy atom. The van der Waals surface area contributed by atoms with E-state index in [-0.39, 0.29) is 4.90 Å². The Labute approximate surface area is 164 Å². The Morgan fingerprint density at radius 3 is 2.26 bits per heavy atom. The molecule has 0 aliphatic rings. The molecule has 136 valence electrons. The summed E-state index contributed by atoms with van der Waals surface area (Å²) < 4.78 is 27.6. The minimum absolute atomic E-state index is 0.174. The third kappa shape index (κ3) is 4.30. The molecule has 3 aromatic rings. The van der Waals surface area contributed by atoms with Gasteiger partial charge in [-0.3, -0.25) is 4.72 Å². The van der Waals surface area contributed by atoms with Crippen molar-refractivity contribution in [1.29, 1.82) is 5.26 Å². The lowest BCUT2D eigenvalue weighted by atomic mass is 9.92. The normalized spacial score (nSPS) is 12.2. The molecule has 0 saturated heterocycles. The summed E-state index contributed by atoms with van der Waals surface area (Å²) in [6, 6.07) is 23.0. The molecule has 3 aromatic carbocycles.